The maximum Gasteiger partial charge on any atom is 0.411 e. The molecule has 1 atom stereocenters. The lowest BCUT2D eigenvalue weighted by molar-refractivity contribution is -0.614. The van der Waals surface area contributed by atoms with Crippen LogP contribution in [0, 0.1) is 5.21 Å². The molecule has 4 N–H and O–H groups in total. The number of carbonyl (C=O) groups is 1. The maximum atomic E-state index is 13.7. The lowest BCUT2D eigenvalue weighted by atomic mass is 9.94. The number of rotatable bonds is 8. The van der Waals surface area contributed by atoms with E-state index >= 15 is 0 Å². The van der Waals surface area contributed by atoms with Gasteiger partial charge in [0, 0.05) is 33.5 Å². The average molecular weight is 630 g/mol. The molecule has 0 saturated heterocycles. The van der Waals surface area contributed by atoms with Gasteiger partial charge in [0.2, 0.25) is 5.69 Å². The number of aromatic amines is 1. The molecule has 0 saturated carbocycles. The fourth-order valence-corrected chi connectivity index (χ4v) is 5.41. The third kappa shape index (κ3) is 6.16. The van der Waals surface area contributed by atoms with Crippen LogP contribution in [0.5, 0.6) is 0 Å². The first-order chi connectivity index (χ1) is 21.4. The summed E-state index contributed by atoms with van der Waals surface area (Å²) in [5.41, 5.74) is 11.1. The first kappa shape index (κ1) is 29.0. The highest BCUT2D eigenvalue weighted by Crippen LogP contribution is 2.35. The molecular weight excluding hydrogens is 603 g/mol. The monoisotopic (exact) mass is 628 g/mol. The lowest BCUT2D eigenvalue weighted by Crippen LogP contribution is -2.37. The van der Waals surface area contributed by atoms with Crippen molar-refractivity contribution in [2.24, 2.45) is 5.10 Å². The van der Waals surface area contributed by atoms with E-state index in [4.69, 9.17) is 28.2 Å². The molecule has 1 aliphatic rings. The Hall–Kier alpha value is -5.10. The quantitative estimate of drug-likeness (QED) is 0.122. The van der Waals surface area contributed by atoms with Crippen LogP contribution in [0.2, 0.25) is 10.2 Å². The minimum absolute atomic E-state index is 0.331. The van der Waals surface area contributed by atoms with E-state index in [1.54, 1.807) is 53.8 Å². The van der Waals surface area contributed by atoms with E-state index in [0.717, 1.165) is 27.1 Å². The van der Waals surface area contributed by atoms with Gasteiger partial charge in [0.1, 0.15) is 28.9 Å². The molecule has 6 rings (SSSR count). The maximum absolute atomic E-state index is 13.7. The Balaban J connectivity index is 1.37. The fraction of sp³-hybridized carbons (Fsp3) is 0.0968. The summed E-state index contributed by atoms with van der Waals surface area (Å²) in [4.78, 5) is 19.6. The number of pyridine rings is 1. The number of methoxy groups -OCH3 is 1. The molecule has 1 amide bonds. The number of carbonyl (C=O) groups excluding carboxylic acids is 1. The smallest absolute Gasteiger partial charge is 0.411 e. The Bertz CT molecular complexity index is 1830. The average Bonchev–Trinajstić information content (AvgIpc) is 3.71. The van der Waals surface area contributed by atoms with Crippen LogP contribution in [0.3, 0.4) is 0 Å². The lowest BCUT2D eigenvalue weighted by Gasteiger charge is -2.19. The molecule has 11 nitrogen and oxygen atoms in total. The van der Waals surface area contributed by atoms with Gasteiger partial charge in [-0.05, 0) is 48.4 Å². The number of ether oxygens (including phenoxy) is 1. The van der Waals surface area contributed by atoms with Crippen molar-refractivity contribution in [2.75, 3.05) is 17.4 Å². The molecular formula is C31H26Cl2N8O3. The van der Waals surface area contributed by atoms with Crippen LogP contribution >= 0.6 is 23.2 Å². The van der Waals surface area contributed by atoms with Crippen molar-refractivity contribution in [1.29, 1.82) is 0 Å². The number of aromatic nitrogens is 3. The molecule has 3 heterocycles. The minimum atomic E-state index is -0.566. The van der Waals surface area contributed by atoms with Gasteiger partial charge in [-0.25, -0.2) is 20.3 Å². The first-order valence-electron chi connectivity index (χ1n) is 13.5. The molecule has 2 aromatic heterocycles. The van der Waals surface area contributed by atoms with E-state index < -0.39 is 12.0 Å². The summed E-state index contributed by atoms with van der Waals surface area (Å²) in [6, 6.07) is 26.0. The summed E-state index contributed by atoms with van der Waals surface area (Å²) in [7, 11) is 1.30. The topological polar surface area (TPSA) is 134 Å². The number of H-pyrrole nitrogens is 1. The number of anilines is 2. The van der Waals surface area contributed by atoms with Crippen LogP contribution in [0.15, 0.2) is 96.2 Å². The number of hydrogen-bond acceptors (Lipinski definition) is 8. The number of imidazole rings is 1. The van der Waals surface area contributed by atoms with Gasteiger partial charge in [0.25, 0.3) is 0 Å². The summed E-state index contributed by atoms with van der Waals surface area (Å²) in [6.07, 6.45) is 3.05. The molecule has 13 heteroatoms. The fourth-order valence-electron chi connectivity index (χ4n) is 4.99. The van der Waals surface area contributed by atoms with Crippen LogP contribution in [0.4, 0.5) is 16.2 Å². The molecule has 5 aromatic rings. The highest BCUT2D eigenvalue weighted by Gasteiger charge is 2.28. The van der Waals surface area contributed by atoms with Crippen molar-refractivity contribution in [3.05, 3.63) is 124 Å². The molecule has 222 valence electrons. The number of hydrogen-bond donors (Lipinski definition) is 4. The van der Waals surface area contributed by atoms with Gasteiger partial charge >= 0.3 is 6.09 Å². The van der Waals surface area contributed by atoms with E-state index in [1.807, 2.05) is 42.5 Å². The molecule has 44 heavy (non-hydrogen) atoms. The van der Waals surface area contributed by atoms with E-state index in [2.05, 4.69) is 31.2 Å². The Morgan fingerprint density at radius 1 is 1.05 bits per heavy atom. The summed E-state index contributed by atoms with van der Waals surface area (Å²) >= 11 is 13.0. The van der Waals surface area contributed by atoms with Gasteiger partial charge in [-0.15, -0.1) is 5.53 Å². The third-order valence-corrected chi connectivity index (χ3v) is 7.63. The molecule has 0 fully saturated rings. The van der Waals surface area contributed by atoms with E-state index in [0.29, 0.717) is 45.1 Å². The SMILES string of the molecule is COC(=O)Nc1ccc(-c2nc(C(Cc3ccccc3)c3ccc(-c4cc(Cl)ccc4N4C=NNN4)c[n+]3[O-])[nH]c2Cl)cc1. The second-order valence-corrected chi connectivity index (χ2v) is 10.7. The zero-order valence-corrected chi connectivity index (χ0v) is 24.8. The summed E-state index contributed by atoms with van der Waals surface area (Å²) in [5.74, 6) is 0.0841. The van der Waals surface area contributed by atoms with E-state index in [1.165, 1.54) is 13.3 Å². The number of nitrogens with zero attached hydrogens (tertiary/aromatic N) is 4. The Labute approximate surface area is 262 Å². The molecule has 1 aliphatic heterocycles. The summed E-state index contributed by atoms with van der Waals surface area (Å²) in [5, 5.41) is 22.9. The van der Waals surface area contributed by atoms with E-state index in [9.17, 15) is 10.0 Å². The number of hydrazine groups is 2. The summed E-state index contributed by atoms with van der Waals surface area (Å²) < 4.78 is 5.51. The zero-order chi connectivity index (χ0) is 30.6. The van der Waals surface area contributed by atoms with Gasteiger partial charge in [0.15, 0.2) is 6.20 Å². The van der Waals surface area contributed by atoms with Crippen LogP contribution in [-0.4, -0.2) is 29.5 Å². The largest absolute Gasteiger partial charge is 0.618 e. The Kier molecular flexibility index (Phi) is 8.33. The molecule has 1 unspecified atom stereocenters. The van der Waals surface area contributed by atoms with E-state index in [-0.39, 0.29) is 0 Å². The molecule has 0 bridgehead atoms. The molecule has 0 radical (unpaired) electrons. The van der Waals surface area contributed by atoms with Gasteiger partial charge in [0.05, 0.1) is 12.8 Å². The van der Waals surface area contributed by atoms with Crippen LogP contribution in [-0.2, 0) is 11.2 Å². The van der Waals surface area contributed by atoms with Crippen molar-refractivity contribution in [3.63, 3.8) is 0 Å². The standard InChI is InChI=1S/C31H26Cl2N8O3/c1-44-31(42)35-23-11-7-20(8-12-23)28-29(33)37-30(36-28)25(15-19-5-3-2-4-6-19)27-13-9-21(17-41(27)43)24-16-22(32)10-14-26(24)40-18-34-38-39-40/h2-14,16-18,25,38-39H,15H2,1H3,(H,35,42)(H,36,37). The minimum Gasteiger partial charge on any atom is -0.618 e. The second-order valence-electron chi connectivity index (χ2n) is 9.89. The van der Waals surface area contributed by atoms with Crippen molar-refractivity contribution in [3.8, 4) is 22.4 Å². The predicted octanol–water partition coefficient (Wildman–Crippen LogP) is 6.01. The molecule has 3 aromatic carbocycles. The van der Waals surface area contributed by atoms with Crippen molar-refractivity contribution in [1.82, 2.24) is 21.0 Å². The van der Waals surface area contributed by atoms with Gasteiger partial charge in [-0.3, -0.25) is 5.32 Å². The van der Waals surface area contributed by atoms with Crippen LogP contribution in [0.25, 0.3) is 22.4 Å². The van der Waals surface area contributed by atoms with Gasteiger partial charge < -0.3 is 14.9 Å². The van der Waals surface area contributed by atoms with Crippen molar-refractivity contribution >= 4 is 47.0 Å². The second kappa shape index (κ2) is 12.6. The van der Waals surface area contributed by atoms with Crippen LogP contribution in [0.1, 0.15) is 23.0 Å². The van der Waals surface area contributed by atoms with Gasteiger partial charge in [-0.1, -0.05) is 65.7 Å². The Morgan fingerprint density at radius 2 is 1.82 bits per heavy atom. The number of halogens is 2. The number of hydrazone groups is 1. The molecule has 0 aliphatic carbocycles. The zero-order valence-electron chi connectivity index (χ0n) is 23.3. The summed E-state index contributed by atoms with van der Waals surface area (Å²) in [6.45, 7) is 0. The number of benzene rings is 3. The Morgan fingerprint density at radius 3 is 2.52 bits per heavy atom. The highest BCUT2D eigenvalue weighted by molar-refractivity contribution is 6.32. The highest BCUT2D eigenvalue weighted by atomic mass is 35.5. The predicted molar refractivity (Wildman–Crippen MR) is 170 cm³/mol. The normalized spacial score (nSPS) is 13.0. The molecule has 0 spiro atoms. The van der Waals surface area contributed by atoms with Crippen molar-refractivity contribution in [2.45, 2.75) is 12.3 Å². The number of nitrogens with one attached hydrogen (secondary N) is 4. The first-order valence-corrected chi connectivity index (χ1v) is 14.3. The number of amides is 1. The van der Waals surface area contributed by atoms with Crippen molar-refractivity contribution < 1.29 is 14.3 Å². The third-order valence-electron chi connectivity index (χ3n) is 7.12. The van der Waals surface area contributed by atoms with Crippen LogP contribution < -0.4 is 26.1 Å². The van der Waals surface area contributed by atoms with Gasteiger partial charge in [-0.2, -0.15) is 9.83 Å².